The Hall–Kier alpha value is -3.12. The van der Waals surface area contributed by atoms with Crippen molar-refractivity contribution in [2.24, 2.45) is 7.05 Å². The largest absolute Gasteiger partial charge is 0.386 e. The smallest absolute Gasteiger partial charge is 0.319 e. The van der Waals surface area contributed by atoms with Crippen molar-refractivity contribution < 1.29 is 9.90 Å². The third-order valence-electron chi connectivity index (χ3n) is 4.62. The summed E-state index contributed by atoms with van der Waals surface area (Å²) < 4.78 is 1.61. The standard InChI is InChI=1S/C20H20N4O2/c1-24-12-15(10-22-24)19(25)11-21-20(26)23-16-6-7-18-14(9-16)8-13-4-2-3-5-17(13)18/h2-7,9-10,12,19,25H,8,11H2,1H3,(H2,21,23,26). The first-order chi connectivity index (χ1) is 12.6. The van der Waals surface area contributed by atoms with Crippen molar-refractivity contribution >= 4 is 11.7 Å². The van der Waals surface area contributed by atoms with Crippen molar-refractivity contribution in [3.8, 4) is 11.1 Å². The summed E-state index contributed by atoms with van der Waals surface area (Å²) in [5.41, 5.74) is 6.41. The number of aliphatic hydroxyl groups excluding tert-OH is 1. The highest BCUT2D eigenvalue weighted by atomic mass is 16.3. The van der Waals surface area contributed by atoms with Crippen LogP contribution in [-0.2, 0) is 13.5 Å². The van der Waals surface area contributed by atoms with Crippen LogP contribution in [0.5, 0.6) is 0 Å². The fourth-order valence-electron chi connectivity index (χ4n) is 3.32. The van der Waals surface area contributed by atoms with E-state index in [-0.39, 0.29) is 12.6 Å². The zero-order chi connectivity index (χ0) is 18.1. The molecule has 2 amide bonds. The zero-order valence-electron chi connectivity index (χ0n) is 14.4. The number of nitrogens with zero attached hydrogens (tertiary/aromatic N) is 2. The molecule has 3 N–H and O–H groups in total. The van der Waals surface area contributed by atoms with Gasteiger partial charge in [0.25, 0.3) is 0 Å². The molecule has 132 valence electrons. The Bertz CT molecular complexity index is 964. The van der Waals surface area contributed by atoms with Gasteiger partial charge in [-0.25, -0.2) is 4.79 Å². The molecule has 0 saturated carbocycles. The highest BCUT2D eigenvalue weighted by Gasteiger charge is 2.18. The van der Waals surface area contributed by atoms with Crippen molar-refractivity contribution in [1.82, 2.24) is 15.1 Å². The molecule has 3 aromatic rings. The highest BCUT2D eigenvalue weighted by molar-refractivity contribution is 5.90. The van der Waals surface area contributed by atoms with E-state index >= 15 is 0 Å². The summed E-state index contributed by atoms with van der Waals surface area (Å²) in [6.07, 6.45) is 3.40. The lowest BCUT2D eigenvalue weighted by atomic mass is 10.1. The predicted octanol–water partition coefficient (Wildman–Crippen LogP) is 2.85. The van der Waals surface area contributed by atoms with E-state index in [1.54, 1.807) is 24.1 Å². The Morgan fingerprint density at radius 3 is 2.85 bits per heavy atom. The van der Waals surface area contributed by atoms with E-state index < -0.39 is 6.10 Å². The summed E-state index contributed by atoms with van der Waals surface area (Å²) in [6, 6.07) is 14.0. The summed E-state index contributed by atoms with van der Waals surface area (Å²) in [4.78, 5) is 12.1. The Morgan fingerprint density at radius 1 is 1.23 bits per heavy atom. The molecule has 1 aliphatic rings. The second kappa shape index (κ2) is 6.65. The molecule has 1 unspecified atom stereocenters. The average molecular weight is 348 g/mol. The van der Waals surface area contributed by atoms with Gasteiger partial charge in [0.2, 0.25) is 0 Å². The number of hydrogen-bond acceptors (Lipinski definition) is 3. The van der Waals surface area contributed by atoms with Crippen LogP contribution in [0.4, 0.5) is 10.5 Å². The van der Waals surface area contributed by atoms with Crippen molar-refractivity contribution in [2.45, 2.75) is 12.5 Å². The average Bonchev–Trinajstić information content (AvgIpc) is 3.22. The lowest BCUT2D eigenvalue weighted by Gasteiger charge is -2.12. The van der Waals surface area contributed by atoms with Gasteiger partial charge in [-0.2, -0.15) is 5.10 Å². The SMILES string of the molecule is Cn1cc(C(O)CNC(=O)Nc2ccc3c(c2)Cc2ccccc2-3)cn1. The fourth-order valence-corrected chi connectivity index (χ4v) is 3.32. The molecular formula is C20H20N4O2. The topological polar surface area (TPSA) is 79.2 Å². The third kappa shape index (κ3) is 3.19. The molecule has 0 radical (unpaired) electrons. The summed E-state index contributed by atoms with van der Waals surface area (Å²) in [6.45, 7) is 0.119. The molecule has 2 aromatic carbocycles. The molecule has 0 spiro atoms. The van der Waals surface area contributed by atoms with E-state index in [0.29, 0.717) is 5.56 Å². The first-order valence-electron chi connectivity index (χ1n) is 8.53. The van der Waals surface area contributed by atoms with Gasteiger partial charge in [-0.1, -0.05) is 30.3 Å². The number of urea groups is 1. The second-order valence-corrected chi connectivity index (χ2v) is 6.50. The molecule has 0 fully saturated rings. The first-order valence-corrected chi connectivity index (χ1v) is 8.53. The van der Waals surface area contributed by atoms with E-state index in [9.17, 15) is 9.90 Å². The number of aliphatic hydroxyl groups is 1. The van der Waals surface area contributed by atoms with Gasteiger partial charge in [-0.15, -0.1) is 0 Å². The third-order valence-corrected chi connectivity index (χ3v) is 4.62. The molecule has 1 heterocycles. The number of aromatic nitrogens is 2. The van der Waals surface area contributed by atoms with Crippen molar-refractivity contribution in [2.75, 3.05) is 11.9 Å². The minimum Gasteiger partial charge on any atom is -0.386 e. The lowest BCUT2D eigenvalue weighted by Crippen LogP contribution is -2.32. The molecule has 0 saturated heterocycles. The maximum atomic E-state index is 12.1. The van der Waals surface area contributed by atoms with E-state index in [1.165, 1.54) is 22.3 Å². The summed E-state index contributed by atoms with van der Waals surface area (Å²) in [7, 11) is 1.78. The lowest BCUT2D eigenvalue weighted by molar-refractivity contribution is 0.175. The van der Waals surface area contributed by atoms with Gasteiger partial charge in [0.1, 0.15) is 0 Å². The first kappa shape index (κ1) is 16.4. The normalized spacial score (nSPS) is 13.0. The molecule has 0 bridgehead atoms. The number of rotatable bonds is 4. The maximum absolute atomic E-state index is 12.1. The number of aryl methyl sites for hydroxylation is 1. The van der Waals surface area contributed by atoms with Crippen LogP contribution in [-0.4, -0.2) is 27.5 Å². The molecule has 0 aliphatic heterocycles. The van der Waals surface area contributed by atoms with Crippen LogP contribution in [0.3, 0.4) is 0 Å². The molecule has 1 atom stereocenters. The maximum Gasteiger partial charge on any atom is 0.319 e. The number of benzene rings is 2. The van der Waals surface area contributed by atoms with Gasteiger partial charge in [-0.3, -0.25) is 4.68 Å². The minimum absolute atomic E-state index is 0.119. The highest BCUT2D eigenvalue weighted by Crippen LogP contribution is 2.37. The zero-order valence-corrected chi connectivity index (χ0v) is 14.4. The van der Waals surface area contributed by atoms with Gasteiger partial charge in [0.15, 0.2) is 0 Å². The van der Waals surface area contributed by atoms with Crippen LogP contribution in [0, 0.1) is 0 Å². The summed E-state index contributed by atoms with van der Waals surface area (Å²) >= 11 is 0. The molecule has 6 heteroatoms. The number of nitrogens with one attached hydrogen (secondary N) is 2. The number of hydrogen-bond donors (Lipinski definition) is 3. The van der Waals surface area contributed by atoms with Crippen molar-refractivity contribution in [3.63, 3.8) is 0 Å². The molecular weight excluding hydrogens is 328 g/mol. The minimum atomic E-state index is -0.788. The Kier molecular flexibility index (Phi) is 4.18. The van der Waals surface area contributed by atoms with Crippen molar-refractivity contribution in [3.05, 3.63) is 71.5 Å². The summed E-state index contributed by atoms with van der Waals surface area (Å²) in [5.74, 6) is 0. The van der Waals surface area contributed by atoms with Crippen LogP contribution in [0.2, 0.25) is 0 Å². The Labute approximate surface area is 151 Å². The van der Waals surface area contributed by atoms with Crippen LogP contribution >= 0.6 is 0 Å². The number of amides is 2. The van der Waals surface area contributed by atoms with Gasteiger partial charge < -0.3 is 15.7 Å². The van der Waals surface area contributed by atoms with Crippen molar-refractivity contribution in [1.29, 1.82) is 0 Å². The van der Waals surface area contributed by atoms with Crippen LogP contribution in [0.1, 0.15) is 22.8 Å². The molecule has 1 aromatic heterocycles. The van der Waals surface area contributed by atoms with E-state index in [4.69, 9.17) is 0 Å². The van der Waals surface area contributed by atoms with Gasteiger partial charge >= 0.3 is 6.03 Å². The fraction of sp³-hybridized carbons (Fsp3) is 0.200. The van der Waals surface area contributed by atoms with Gasteiger partial charge in [-0.05, 0) is 40.8 Å². The van der Waals surface area contributed by atoms with E-state index in [1.807, 2.05) is 30.3 Å². The van der Waals surface area contributed by atoms with E-state index in [0.717, 1.165) is 12.1 Å². The predicted molar refractivity (Wildman–Crippen MR) is 99.9 cm³/mol. The number of fused-ring (bicyclic) bond motifs is 3. The van der Waals surface area contributed by atoms with Crippen LogP contribution in [0.25, 0.3) is 11.1 Å². The van der Waals surface area contributed by atoms with Crippen LogP contribution < -0.4 is 10.6 Å². The quantitative estimate of drug-likeness (QED) is 0.531. The number of carbonyl (C=O) groups is 1. The van der Waals surface area contributed by atoms with Crippen LogP contribution in [0.15, 0.2) is 54.9 Å². The Balaban J connectivity index is 1.37. The molecule has 4 rings (SSSR count). The molecule has 26 heavy (non-hydrogen) atoms. The Morgan fingerprint density at radius 2 is 2.04 bits per heavy atom. The summed E-state index contributed by atoms with van der Waals surface area (Å²) in [5, 5.41) is 19.6. The van der Waals surface area contributed by atoms with Gasteiger partial charge in [0.05, 0.1) is 12.3 Å². The number of anilines is 1. The number of carbonyl (C=O) groups excluding carboxylic acids is 1. The van der Waals surface area contributed by atoms with E-state index in [2.05, 4.69) is 27.9 Å². The molecule has 6 nitrogen and oxygen atoms in total. The monoisotopic (exact) mass is 348 g/mol. The molecule has 1 aliphatic carbocycles. The van der Waals surface area contributed by atoms with Gasteiger partial charge in [0, 0.05) is 31.0 Å². The second-order valence-electron chi connectivity index (χ2n) is 6.50.